The van der Waals surface area contributed by atoms with Crippen molar-refractivity contribution in [2.24, 2.45) is 0 Å². The summed E-state index contributed by atoms with van der Waals surface area (Å²) in [6.07, 6.45) is 2.76. The Kier molecular flexibility index (Phi) is 2.24. The summed E-state index contributed by atoms with van der Waals surface area (Å²) in [5.74, 6) is 0.223. The Balaban J connectivity index is 2.56. The third kappa shape index (κ3) is 1.22. The zero-order chi connectivity index (χ0) is 10.2. The minimum Gasteiger partial charge on any atom is -0.508 e. The Hall–Kier alpha value is -1.01. The molecular weight excluding hydrogens is 242 g/mol. The summed E-state index contributed by atoms with van der Waals surface area (Å²) in [4.78, 5) is 0. The Bertz CT molecular complexity index is 384. The molecule has 1 aromatic carbocycles. The molecule has 0 saturated heterocycles. The number of hydrogen-bond acceptors (Lipinski definition) is 2. The molecule has 0 aromatic heterocycles. The topological polar surface area (TPSA) is 44.0 Å². The molecule has 1 aliphatic rings. The van der Waals surface area contributed by atoms with E-state index < -0.39 is 5.41 Å². The van der Waals surface area contributed by atoms with Gasteiger partial charge in [-0.3, -0.25) is 0 Å². The minimum absolute atomic E-state index is 0.223. The molecule has 0 aliphatic heterocycles. The Morgan fingerprint density at radius 3 is 2.57 bits per heavy atom. The van der Waals surface area contributed by atoms with Crippen molar-refractivity contribution in [1.29, 1.82) is 5.26 Å². The van der Waals surface area contributed by atoms with Gasteiger partial charge in [-0.1, -0.05) is 22.0 Å². The van der Waals surface area contributed by atoms with Crippen molar-refractivity contribution in [1.82, 2.24) is 0 Å². The fourth-order valence-electron chi connectivity index (χ4n) is 1.93. The number of phenolic OH excluding ortho intramolecular Hbond substituents is 1. The van der Waals surface area contributed by atoms with E-state index in [1.807, 2.05) is 6.07 Å². The zero-order valence-electron chi connectivity index (χ0n) is 7.63. The molecule has 3 heteroatoms. The van der Waals surface area contributed by atoms with Crippen LogP contribution in [-0.4, -0.2) is 5.11 Å². The van der Waals surface area contributed by atoms with Gasteiger partial charge in [0.2, 0.25) is 0 Å². The van der Waals surface area contributed by atoms with Gasteiger partial charge in [0.15, 0.2) is 0 Å². The van der Waals surface area contributed by atoms with Crippen LogP contribution in [0.5, 0.6) is 5.75 Å². The highest BCUT2D eigenvalue weighted by Crippen LogP contribution is 2.48. The van der Waals surface area contributed by atoms with Gasteiger partial charge in [0.25, 0.3) is 0 Å². The fraction of sp³-hybridized carbons (Fsp3) is 0.364. The predicted octanol–water partition coefficient (Wildman–Crippen LogP) is 3.10. The molecule has 0 amide bonds. The van der Waals surface area contributed by atoms with Crippen molar-refractivity contribution in [2.75, 3.05) is 0 Å². The number of aromatic hydroxyl groups is 1. The van der Waals surface area contributed by atoms with E-state index >= 15 is 0 Å². The van der Waals surface area contributed by atoms with E-state index in [-0.39, 0.29) is 5.75 Å². The van der Waals surface area contributed by atoms with Gasteiger partial charge in [0.05, 0.1) is 11.5 Å². The average Bonchev–Trinajstić information content (AvgIpc) is 2.08. The molecule has 2 nitrogen and oxygen atoms in total. The van der Waals surface area contributed by atoms with E-state index in [0.29, 0.717) is 0 Å². The highest BCUT2D eigenvalue weighted by molar-refractivity contribution is 9.10. The summed E-state index contributed by atoms with van der Waals surface area (Å²) in [5.41, 5.74) is 0.304. The number of phenols is 1. The van der Waals surface area contributed by atoms with Crippen LogP contribution in [0, 0.1) is 11.3 Å². The average molecular weight is 252 g/mol. The van der Waals surface area contributed by atoms with E-state index in [2.05, 4.69) is 22.0 Å². The molecule has 0 radical (unpaired) electrons. The van der Waals surface area contributed by atoms with Crippen LogP contribution in [0.25, 0.3) is 0 Å². The van der Waals surface area contributed by atoms with Gasteiger partial charge in [-0.15, -0.1) is 0 Å². The van der Waals surface area contributed by atoms with E-state index in [1.54, 1.807) is 12.1 Å². The van der Waals surface area contributed by atoms with Gasteiger partial charge in [-0.05, 0) is 31.4 Å². The summed E-state index contributed by atoms with van der Waals surface area (Å²) >= 11 is 3.39. The molecule has 1 saturated carbocycles. The zero-order valence-corrected chi connectivity index (χ0v) is 9.21. The van der Waals surface area contributed by atoms with Crippen molar-refractivity contribution < 1.29 is 5.11 Å². The first-order chi connectivity index (χ1) is 6.69. The molecule has 14 heavy (non-hydrogen) atoms. The van der Waals surface area contributed by atoms with Crippen molar-refractivity contribution in [3.05, 3.63) is 28.2 Å². The summed E-state index contributed by atoms with van der Waals surface area (Å²) in [6, 6.07) is 7.60. The lowest BCUT2D eigenvalue weighted by atomic mass is 9.65. The molecular formula is C11H10BrNO. The van der Waals surface area contributed by atoms with Gasteiger partial charge in [-0.25, -0.2) is 0 Å². The van der Waals surface area contributed by atoms with Gasteiger partial charge in [-0.2, -0.15) is 5.26 Å². The molecule has 0 atom stereocenters. The molecule has 2 rings (SSSR count). The Morgan fingerprint density at radius 2 is 2.14 bits per heavy atom. The van der Waals surface area contributed by atoms with E-state index in [9.17, 15) is 5.11 Å². The van der Waals surface area contributed by atoms with Gasteiger partial charge < -0.3 is 5.11 Å². The molecule has 0 unspecified atom stereocenters. The number of nitriles is 1. The number of hydrogen-bond donors (Lipinski definition) is 1. The number of rotatable bonds is 1. The van der Waals surface area contributed by atoms with Crippen LogP contribution in [-0.2, 0) is 5.41 Å². The monoisotopic (exact) mass is 251 g/mol. The Morgan fingerprint density at radius 1 is 1.43 bits per heavy atom. The second kappa shape index (κ2) is 3.29. The lowest BCUT2D eigenvalue weighted by molar-refractivity contribution is 0.310. The largest absolute Gasteiger partial charge is 0.508 e. The van der Waals surface area contributed by atoms with E-state index in [0.717, 1.165) is 29.3 Å². The minimum atomic E-state index is -0.454. The standard InChI is InChI=1S/C11H10BrNO/c12-8-3-1-4-9(14)10(8)11(7-13)5-2-6-11/h1,3-4,14H,2,5-6H2. The maximum atomic E-state index is 9.74. The Labute approximate surface area is 91.3 Å². The van der Waals surface area contributed by atoms with Crippen LogP contribution in [0.4, 0.5) is 0 Å². The van der Waals surface area contributed by atoms with Crippen LogP contribution >= 0.6 is 15.9 Å². The highest BCUT2D eigenvalue weighted by atomic mass is 79.9. The summed E-state index contributed by atoms with van der Waals surface area (Å²) in [7, 11) is 0. The summed E-state index contributed by atoms with van der Waals surface area (Å²) < 4.78 is 0.832. The number of nitrogens with zero attached hydrogens (tertiary/aromatic N) is 1. The summed E-state index contributed by atoms with van der Waals surface area (Å²) in [6.45, 7) is 0. The fourth-order valence-corrected chi connectivity index (χ4v) is 2.67. The molecule has 1 N–H and O–H groups in total. The third-order valence-electron chi connectivity index (χ3n) is 2.89. The maximum absolute atomic E-state index is 9.74. The second-order valence-electron chi connectivity index (χ2n) is 3.68. The van der Waals surface area contributed by atoms with E-state index in [4.69, 9.17) is 5.26 Å². The van der Waals surface area contributed by atoms with Crippen molar-refractivity contribution in [2.45, 2.75) is 24.7 Å². The molecule has 72 valence electrons. The smallest absolute Gasteiger partial charge is 0.121 e. The first kappa shape index (κ1) is 9.54. The SMILES string of the molecule is N#CC1(c2c(O)cccc2Br)CCC1. The lowest BCUT2D eigenvalue weighted by Gasteiger charge is -2.36. The molecule has 1 fully saturated rings. The van der Waals surface area contributed by atoms with Gasteiger partial charge in [0.1, 0.15) is 5.75 Å². The normalized spacial score (nSPS) is 18.3. The van der Waals surface area contributed by atoms with Crippen LogP contribution < -0.4 is 0 Å². The van der Waals surface area contributed by atoms with Crippen LogP contribution in [0.2, 0.25) is 0 Å². The van der Waals surface area contributed by atoms with Crippen LogP contribution in [0.3, 0.4) is 0 Å². The van der Waals surface area contributed by atoms with Gasteiger partial charge in [0, 0.05) is 10.0 Å². The molecule has 1 aromatic rings. The second-order valence-corrected chi connectivity index (χ2v) is 4.54. The highest BCUT2D eigenvalue weighted by Gasteiger charge is 2.42. The number of benzene rings is 1. The van der Waals surface area contributed by atoms with Crippen LogP contribution in [0.1, 0.15) is 24.8 Å². The number of halogens is 1. The van der Waals surface area contributed by atoms with Crippen LogP contribution in [0.15, 0.2) is 22.7 Å². The molecule has 0 heterocycles. The van der Waals surface area contributed by atoms with Gasteiger partial charge >= 0.3 is 0 Å². The maximum Gasteiger partial charge on any atom is 0.121 e. The van der Waals surface area contributed by atoms with Crippen molar-refractivity contribution in [3.8, 4) is 11.8 Å². The first-order valence-corrected chi connectivity index (χ1v) is 5.38. The van der Waals surface area contributed by atoms with Crippen molar-refractivity contribution >= 4 is 15.9 Å². The third-order valence-corrected chi connectivity index (χ3v) is 3.55. The lowest BCUT2D eigenvalue weighted by Crippen LogP contribution is -2.32. The molecule has 1 aliphatic carbocycles. The molecule has 0 bridgehead atoms. The van der Waals surface area contributed by atoms with Crippen molar-refractivity contribution in [3.63, 3.8) is 0 Å². The predicted molar refractivity (Wildman–Crippen MR) is 56.9 cm³/mol. The quantitative estimate of drug-likeness (QED) is 0.834. The van der Waals surface area contributed by atoms with E-state index in [1.165, 1.54) is 0 Å². The molecule has 0 spiro atoms. The summed E-state index contributed by atoms with van der Waals surface area (Å²) in [5, 5.41) is 18.9. The first-order valence-electron chi connectivity index (χ1n) is 4.59.